The van der Waals surface area contributed by atoms with Gasteiger partial charge >= 0.3 is 6.09 Å². The third kappa shape index (κ3) is 4.25. The van der Waals surface area contributed by atoms with Gasteiger partial charge in [0.15, 0.2) is 0 Å². The molecule has 0 aromatic carbocycles. The van der Waals surface area contributed by atoms with E-state index in [0.717, 1.165) is 0 Å². The van der Waals surface area contributed by atoms with Crippen LogP contribution in [0.15, 0.2) is 24.4 Å². The lowest BCUT2D eigenvalue weighted by atomic mass is 10.2. The van der Waals surface area contributed by atoms with Crippen molar-refractivity contribution in [2.45, 2.75) is 31.9 Å². The van der Waals surface area contributed by atoms with Crippen LogP contribution in [0.4, 0.5) is 4.79 Å². The Morgan fingerprint density at radius 1 is 1.47 bits per heavy atom. The molecule has 0 saturated heterocycles. The number of hydrogen-bond donors (Lipinski definition) is 1. The maximum atomic E-state index is 11.4. The molecule has 1 atom stereocenters. The Bertz CT molecular complexity index is 294. The Balaban J connectivity index is 2.45. The molecule has 0 aromatic rings. The first-order valence-corrected chi connectivity index (χ1v) is 5.09. The predicted molar refractivity (Wildman–Crippen MR) is 59.1 cm³/mol. The van der Waals surface area contributed by atoms with E-state index < -0.39 is 11.7 Å². The standard InChI is InChI=1S/C10H15ClN2O2/c1-10(2,3)15-9(14)12-13-7-5-4-6-8(13)11/h4-8H,1-3H3,(H,12,14). The summed E-state index contributed by atoms with van der Waals surface area (Å²) in [5, 5.41) is 1.47. The van der Waals surface area contributed by atoms with Gasteiger partial charge in [-0.15, -0.1) is 0 Å². The van der Waals surface area contributed by atoms with Crippen LogP contribution in [0.25, 0.3) is 0 Å². The van der Waals surface area contributed by atoms with Crippen LogP contribution in [0.1, 0.15) is 20.8 Å². The van der Waals surface area contributed by atoms with Crippen LogP contribution in [0.5, 0.6) is 0 Å². The van der Waals surface area contributed by atoms with Gasteiger partial charge in [-0.2, -0.15) is 0 Å². The zero-order valence-electron chi connectivity index (χ0n) is 9.03. The minimum atomic E-state index is -0.520. The van der Waals surface area contributed by atoms with Crippen LogP contribution in [0, 0.1) is 0 Å². The van der Waals surface area contributed by atoms with E-state index >= 15 is 0 Å². The monoisotopic (exact) mass is 230 g/mol. The van der Waals surface area contributed by atoms with Crippen LogP contribution in [-0.4, -0.2) is 22.2 Å². The second-order valence-electron chi connectivity index (χ2n) is 4.12. The number of nitrogens with zero attached hydrogens (tertiary/aromatic N) is 1. The van der Waals surface area contributed by atoms with Crippen molar-refractivity contribution in [3.05, 3.63) is 24.4 Å². The average molecular weight is 231 g/mol. The Labute approximate surface area is 94.5 Å². The molecule has 1 rings (SSSR count). The van der Waals surface area contributed by atoms with Gasteiger partial charge in [0.25, 0.3) is 0 Å². The summed E-state index contributed by atoms with van der Waals surface area (Å²) in [4.78, 5) is 11.4. The van der Waals surface area contributed by atoms with Crippen molar-refractivity contribution in [1.29, 1.82) is 0 Å². The molecule has 0 aliphatic carbocycles. The van der Waals surface area contributed by atoms with Crippen LogP contribution in [0.2, 0.25) is 0 Å². The number of ether oxygens (including phenoxy) is 1. The van der Waals surface area contributed by atoms with E-state index in [1.54, 1.807) is 39.1 Å². The Morgan fingerprint density at radius 2 is 2.13 bits per heavy atom. The fraction of sp³-hybridized carbons (Fsp3) is 0.500. The topological polar surface area (TPSA) is 41.6 Å². The maximum Gasteiger partial charge on any atom is 0.426 e. The van der Waals surface area contributed by atoms with Crippen molar-refractivity contribution >= 4 is 17.7 Å². The molecule has 1 N–H and O–H groups in total. The molecular weight excluding hydrogens is 216 g/mol. The number of carbonyl (C=O) groups excluding carboxylic acids is 1. The normalized spacial score (nSPS) is 20.3. The Hall–Kier alpha value is -1.16. The fourth-order valence-corrected chi connectivity index (χ4v) is 1.18. The van der Waals surface area contributed by atoms with Gasteiger partial charge in [-0.3, -0.25) is 5.01 Å². The number of hydrazine groups is 1. The Kier molecular flexibility index (Phi) is 3.63. The molecule has 1 aliphatic rings. The maximum absolute atomic E-state index is 11.4. The molecule has 0 bridgehead atoms. The van der Waals surface area contributed by atoms with Crippen molar-refractivity contribution in [3.8, 4) is 0 Å². The predicted octanol–water partition coefficient (Wildman–Crippen LogP) is 2.38. The molecular formula is C10H15ClN2O2. The first-order chi connectivity index (χ1) is 6.88. The molecule has 0 saturated carbocycles. The summed E-state index contributed by atoms with van der Waals surface area (Å²) in [6.45, 7) is 5.41. The highest BCUT2D eigenvalue weighted by Gasteiger charge is 2.19. The molecule has 1 heterocycles. The molecule has 5 heteroatoms. The zero-order chi connectivity index (χ0) is 11.5. The number of allylic oxidation sites excluding steroid dienone is 2. The summed E-state index contributed by atoms with van der Waals surface area (Å²) in [5.74, 6) is 0. The van der Waals surface area contributed by atoms with Gasteiger partial charge in [-0.1, -0.05) is 17.7 Å². The third-order valence-corrected chi connectivity index (χ3v) is 1.87. The van der Waals surface area contributed by atoms with Gasteiger partial charge in [0.1, 0.15) is 11.1 Å². The number of nitrogens with one attached hydrogen (secondary N) is 1. The molecule has 84 valence electrons. The lowest BCUT2D eigenvalue weighted by molar-refractivity contribution is 0.0392. The molecule has 0 aromatic heterocycles. The smallest absolute Gasteiger partial charge is 0.426 e. The van der Waals surface area contributed by atoms with E-state index in [1.165, 1.54) is 5.01 Å². The molecule has 4 nitrogen and oxygen atoms in total. The number of alkyl halides is 1. The van der Waals surface area contributed by atoms with E-state index in [4.69, 9.17) is 16.3 Å². The van der Waals surface area contributed by atoms with Crippen LogP contribution in [-0.2, 0) is 4.74 Å². The number of amides is 1. The van der Waals surface area contributed by atoms with Crippen LogP contribution < -0.4 is 5.43 Å². The fourth-order valence-electron chi connectivity index (χ4n) is 0.978. The molecule has 0 radical (unpaired) electrons. The highest BCUT2D eigenvalue weighted by molar-refractivity contribution is 6.21. The van der Waals surface area contributed by atoms with E-state index in [0.29, 0.717) is 0 Å². The summed E-state index contributed by atoms with van der Waals surface area (Å²) in [5.41, 5.74) is 1.63. The first-order valence-electron chi connectivity index (χ1n) is 4.65. The summed E-state index contributed by atoms with van der Waals surface area (Å²) in [7, 11) is 0. The van der Waals surface area contributed by atoms with E-state index in [1.807, 2.05) is 6.08 Å². The molecule has 0 fully saturated rings. The Morgan fingerprint density at radius 3 is 2.67 bits per heavy atom. The van der Waals surface area contributed by atoms with E-state index in [2.05, 4.69) is 5.43 Å². The van der Waals surface area contributed by atoms with E-state index in [-0.39, 0.29) is 5.50 Å². The van der Waals surface area contributed by atoms with Gasteiger partial charge in [0.2, 0.25) is 0 Å². The quantitative estimate of drug-likeness (QED) is 0.556. The highest BCUT2D eigenvalue weighted by atomic mass is 35.5. The van der Waals surface area contributed by atoms with Crippen LogP contribution >= 0.6 is 11.6 Å². The second kappa shape index (κ2) is 4.57. The van der Waals surface area contributed by atoms with Gasteiger partial charge in [0, 0.05) is 6.20 Å². The number of carbonyl (C=O) groups is 1. The summed E-state index contributed by atoms with van der Waals surface area (Å²) >= 11 is 5.92. The van der Waals surface area contributed by atoms with Gasteiger partial charge in [-0.05, 0) is 32.9 Å². The molecule has 1 amide bonds. The molecule has 0 spiro atoms. The van der Waals surface area contributed by atoms with Crippen molar-refractivity contribution < 1.29 is 9.53 Å². The van der Waals surface area contributed by atoms with E-state index in [9.17, 15) is 4.79 Å². The van der Waals surface area contributed by atoms with Gasteiger partial charge in [0.05, 0.1) is 0 Å². The van der Waals surface area contributed by atoms with Crippen molar-refractivity contribution in [2.24, 2.45) is 0 Å². The van der Waals surface area contributed by atoms with Gasteiger partial charge < -0.3 is 4.74 Å². The summed E-state index contributed by atoms with van der Waals surface area (Å²) < 4.78 is 5.08. The number of rotatable bonds is 1. The number of halogens is 1. The van der Waals surface area contributed by atoms with Crippen molar-refractivity contribution in [3.63, 3.8) is 0 Å². The minimum absolute atomic E-state index is 0.387. The third-order valence-electron chi connectivity index (χ3n) is 1.51. The zero-order valence-corrected chi connectivity index (χ0v) is 9.78. The highest BCUT2D eigenvalue weighted by Crippen LogP contribution is 2.11. The largest absolute Gasteiger partial charge is 0.443 e. The molecule has 15 heavy (non-hydrogen) atoms. The minimum Gasteiger partial charge on any atom is -0.443 e. The first kappa shape index (κ1) is 11.9. The van der Waals surface area contributed by atoms with Crippen LogP contribution in [0.3, 0.4) is 0 Å². The average Bonchev–Trinajstić information content (AvgIpc) is 2.05. The summed E-state index contributed by atoms with van der Waals surface area (Å²) in [6, 6.07) is 0. The molecule has 1 aliphatic heterocycles. The lowest BCUT2D eigenvalue weighted by Crippen LogP contribution is -2.45. The lowest BCUT2D eigenvalue weighted by Gasteiger charge is -2.28. The molecule has 1 unspecified atom stereocenters. The second-order valence-corrected chi connectivity index (χ2v) is 4.57. The SMILES string of the molecule is CC(C)(C)OC(=O)NN1C=CC=CC1Cl. The van der Waals surface area contributed by atoms with Crippen molar-refractivity contribution in [1.82, 2.24) is 10.4 Å². The van der Waals surface area contributed by atoms with Gasteiger partial charge in [-0.25, -0.2) is 10.2 Å². The summed E-state index contributed by atoms with van der Waals surface area (Å²) in [6.07, 6.45) is 6.48. The number of hydrogen-bond acceptors (Lipinski definition) is 3. The van der Waals surface area contributed by atoms with Crippen molar-refractivity contribution in [2.75, 3.05) is 0 Å².